The SMILES string of the molecule is C[C@@]1([N+](=O)[O-])[C@H](O)[C@@H](CF)O[C@H](F)[C@H]1Sc1ccccc1. The molecule has 1 fully saturated rings. The highest BCUT2D eigenvalue weighted by atomic mass is 32.2. The van der Waals surface area contributed by atoms with Crippen LogP contribution in [0.2, 0.25) is 0 Å². The van der Waals surface area contributed by atoms with Crippen LogP contribution in [0.3, 0.4) is 0 Å². The Balaban J connectivity index is 2.34. The summed E-state index contributed by atoms with van der Waals surface area (Å²) in [5.74, 6) is 0. The summed E-state index contributed by atoms with van der Waals surface area (Å²) < 4.78 is 31.7. The van der Waals surface area contributed by atoms with Gasteiger partial charge < -0.3 is 9.84 Å². The molecule has 1 N–H and O–H groups in total. The monoisotopic (exact) mass is 319 g/mol. The van der Waals surface area contributed by atoms with Crippen LogP contribution in [0.4, 0.5) is 8.78 Å². The average Bonchev–Trinajstić information content (AvgIpc) is 2.48. The topological polar surface area (TPSA) is 72.6 Å². The number of alkyl halides is 2. The van der Waals surface area contributed by atoms with E-state index in [1.54, 1.807) is 30.3 Å². The molecule has 0 aromatic heterocycles. The third-order valence-electron chi connectivity index (χ3n) is 3.62. The standard InChI is InChI=1S/C13H15F2NO4S/c1-13(16(18)19)10(17)9(7-14)20-12(15)11(13)21-8-5-3-2-4-6-8/h2-6,9-12,17H,7H2,1H3/t9-,10-,11-,12+,13-/m1/s1. The van der Waals surface area contributed by atoms with Crippen LogP contribution in [0.25, 0.3) is 0 Å². The minimum atomic E-state index is -2.05. The van der Waals surface area contributed by atoms with E-state index < -0.39 is 41.0 Å². The number of ether oxygens (including phenoxy) is 1. The van der Waals surface area contributed by atoms with Crippen molar-refractivity contribution < 1.29 is 23.5 Å². The summed E-state index contributed by atoms with van der Waals surface area (Å²) in [4.78, 5) is 11.2. The van der Waals surface area contributed by atoms with Gasteiger partial charge in [0.2, 0.25) is 6.36 Å². The number of nitrogens with zero attached hydrogens (tertiary/aromatic N) is 1. The first-order valence-electron chi connectivity index (χ1n) is 6.31. The van der Waals surface area contributed by atoms with E-state index in [1.807, 2.05) is 0 Å². The van der Waals surface area contributed by atoms with Crippen molar-refractivity contribution in [2.75, 3.05) is 6.67 Å². The molecule has 8 heteroatoms. The average molecular weight is 319 g/mol. The lowest BCUT2D eigenvalue weighted by molar-refractivity contribution is -0.590. The van der Waals surface area contributed by atoms with Crippen molar-refractivity contribution in [3.8, 4) is 0 Å². The molecule has 5 nitrogen and oxygen atoms in total. The molecule has 2 rings (SSSR count). The maximum absolute atomic E-state index is 14.2. The van der Waals surface area contributed by atoms with Crippen LogP contribution in [0.1, 0.15) is 6.92 Å². The second-order valence-corrected chi connectivity index (χ2v) is 6.17. The van der Waals surface area contributed by atoms with E-state index in [0.29, 0.717) is 4.90 Å². The molecule has 0 amide bonds. The first-order chi connectivity index (χ1) is 9.91. The van der Waals surface area contributed by atoms with Gasteiger partial charge in [0.25, 0.3) is 5.54 Å². The normalized spacial score (nSPS) is 36.4. The van der Waals surface area contributed by atoms with E-state index in [2.05, 4.69) is 0 Å². The van der Waals surface area contributed by atoms with Crippen molar-refractivity contribution >= 4 is 11.8 Å². The molecule has 1 aliphatic heterocycles. The van der Waals surface area contributed by atoms with Gasteiger partial charge in [-0.1, -0.05) is 18.2 Å². The zero-order valence-electron chi connectivity index (χ0n) is 11.2. The van der Waals surface area contributed by atoms with Crippen molar-refractivity contribution in [3.05, 3.63) is 40.4 Å². The van der Waals surface area contributed by atoms with Crippen molar-refractivity contribution in [2.45, 2.75) is 41.2 Å². The number of hydrogen-bond donors (Lipinski definition) is 1. The molecule has 0 spiro atoms. The molecular weight excluding hydrogens is 304 g/mol. The molecule has 21 heavy (non-hydrogen) atoms. The Kier molecular flexibility index (Phi) is 4.80. The van der Waals surface area contributed by atoms with Crippen LogP contribution in [0.15, 0.2) is 35.2 Å². The lowest BCUT2D eigenvalue weighted by Gasteiger charge is -2.42. The van der Waals surface area contributed by atoms with Crippen LogP contribution in [0.5, 0.6) is 0 Å². The Morgan fingerprint density at radius 1 is 1.48 bits per heavy atom. The third-order valence-corrected chi connectivity index (χ3v) is 5.11. The number of aliphatic hydroxyl groups excluding tert-OH is 1. The first kappa shape index (κ1) is 16.1. The van der Waals surface area contributed by atoms with Crippen LogP contribution in [-0.4, -0.2) is 46.1 Å². The van der Waals surface area contributed by atoms with Gasteiger partial charge in [-0.15, -0.1) is 11.8 Å². The predicted molar refractivity (Wildman–Crippen MR) is 73.2 cm³/mol. The second-order valence-electron chi connectivity index (χ2n) is 4.96. The number of nitro groups is 1. The Morgan fingerprint density at radius 3 is 2.62 bits per heavy atom. The van der Waals surface area contributed by atoms with E-state index in [4.69, 9.17) is 4.74 Å². The molecule has 0 aliphatic carbocycles. The largest absolute Gasteiger partial charge is 0.383 e. The molecule has 116 valence electrons. The van der Waals surface area contributed by atoms with E-state index in [-0.39, 0.29) is 0 Å². The maximum Gasteiger partial charge on any atom is 0.264 e. The first-order valence-corrected chi connectivity index (χ1v) is 7.19. The van der Waals surface area contributed by atoms with Gasteiger partial charge in [0, 0.05) is 16.7 Å². The van der Waals surface area contributed by atoms with Gasteiger partial charge in [-0.25, -0.2) is 8.78 Å². The van der Waals surface area contributed by atoms with E-state index in [9.17, 15) is 24.0 Å². The lowest BCUT2D eigenvalue weighted by atomic mass is 9.85. The lowest BCUT2D eigenvalue weighted by Crippen LogP contribution is -2.66. The van der Waals surface area contributed by atoms with Gasteiger partial charge in [-0.2, -0.15) is 0 Å². The fraction of sp³-hybridized carbons (Fsp3) is 0.538. The molecule has 0 saturated carbocycles. The third kappa shape index (κ3) is 2.88. The Bertz CT molecular complexity index is 506. The summed E-state index contributed by atoms with van der Waals surface area (Å²) in [6.07, 6.45) is -5.32. The zero-order chi connectivity index (χ0) is 15.6. The molecule has 1 saturated heterocycles. The fourth-order valence-electron chi connectivity index (χ4n) is 2.27. The van der Waals surface area contributed by atoms with Gasteiger partial charge in [0.15, 0.2) is 6.10 Å². The highest BCUT2D eigenvalue weighted by Crippen LogP contribution is 2.42. The van der Waals surface area contributed by atoms with Gasteiger partial charge >= 0.3 is 0 Å². The molecule has 1 heterocycles. The number of hydrogen-bond acceptors (Lipinski definition) is 5. The van der Waals surface area contributed by atoms with E-state index >= 15 is 0 Å². The van der Waals surface area contributed by atoms with Gasteiger partial charge in [0.05, 0.1) is 0 Å². The summed E-state index contributed by atoms with van der Waals surface area (Å²) in [7, 11) is 0. The van der Waals surface area contributed by atoms with Gasteiger partial charge in [-0.05, 0) is 12.1 Å². The number of aliphatic hydroxyl groups is 1. The minimum absolute atomic E-state index is 0.604. The summed E-state index contributed by atoms with van der Waals surface area (Å²) >= 11 is 0.900. The number of rotatable bonds is 4. The minimum Gasteiger partial charge on any atom is -0.383 e. The highest BCUT2D eigenvalue weighted by molar-refractivity contribution is 8.00. The van der Waals surface area contributed by atoms with Gasteiger partial charge in [0.1, 0.15) is 18.0 Å². The summed E-state index contributed by atoms with van der Waals surface area (Å²) in [5, 5.41) is 20.1. The molecule has 0 bridgehead atoms. The predicted octanol–water partition coefficient (Wildman–Crippen LogP) is 2.21. The van der Waals surface area contributed by atoms with Crippen molar-refractivity contribution in [1.29, 1.82) is 0 Å². The van der Waals surface area contributed by atoms with Crippen molar-refractivity contribution in [1.82, 2.24) is 0 Å². The molecule has 1 aromatic carbocycles. The zero-order valence-corrected chi connectivity index (χ0v) is 12.0. The summed E-state index contributed by atoms with van der Waals surface area (Å²) in [5.41, 5.74) is -2.05. The molecule has 1 aromatic rings. The van der Waals surface area contributed by atoms with Crippen LogP contribution >= 0.6 is 11.8 Å². The van der Waals surface area contributed by atoms with Crippen molar-refractivity contribution in [2.24, 2.45) is 0 Å². The van der Waals surface area contributed by atoms with E-state index in [0.717, 1.165) is 18.7 Å². The highest BCUT2D eigenvalue weighted by Gasteiger charge is 2.63. The maximum atomic E-state index is 14.2. The molecule has 1 aliphatic rings. The Hall–Kier alpha value is -1.25. The van der Waals surface area contributed by atoms with Crippen molar-refractivity contribution in [3.63, 3.8) is 0 Å². The molecular formula is C13H15F2NO4S. The number of halogens is 2. The Labute approximate surface area is 124 Å². The summed E-state index contributed by atoms with van der Waals surface area (Å²) in [6, 6.07) is 8.53. The van der Waals surface area contributed by atoms with E-state index in [1.165, 1.54) is 0 Å². The number of benzene rings is 1. The molecule has 0 radical (unpaired) electrons. The smallest absolute Gasteiger partial charge is 0.264 e. The fourth-order valence-corrected chi connectivity index (χ4v) is 3.52. The second kappa shape index (κ2) is 6.25. The Morgan fingerprint density at radius 2 is 2.10 bits per heavy atom. The summed E-state index contributed by atoms with van der Waals surface area (Å²) in [6.45, 7) is -0.0657. The van der Waals surface area contributed by atoms with Crippen LogP contribution < -0.4 is 0 Å². The molecule has 5 atom stereocenters. The van der Waals surface area contributed by atoms with Gasteiger partial charge in [-0.3, -0.25) is 10.1 Å². The van der Waals surface area contributed by atoms with Crippen LogP contribution in [0, 0.1) is 10.1 Å². The molecule has 0 unspecified atom stereocenters. The quantitative estimate of drug-likeness (QED) is 0.680. The number of thioether (sulfide) groups is 1. The van der Waals surface area contributed by atoms with Crippen LogP contribution in [-0.2, 0) is 4.74 Å².